The minimum Gasteiger partial charge on any atom is -0.457 e. The van der Waals surface area contributed by atoms with E-state index in [1.54, 1.807) is 0 Å². The van der Waals surface area contributed by atoms with Crippen molar-refractivity contribution in [1.29, 1.82) is 0 Å². The first kappa shape index (κ1) is 12.5. The van der Waals surface area contributed by atoms with Gasteiger partial charge < -0.3 is 10.5 Å². The molecule has 3 N–H and O–H groups in total. The average molecular weight is 263 g/mol. The Morgan fingerprint density at radius 2 is 2.26 bits per heavy atom. The lowest BCUT2D eigenvalue weighted by Crippen LogP contribution is -2.38. The third-order valence-corrected chi connectivity index (χ3v) is 5.84. The third-order valence-electron chi connectivity index (χ3n) is 5.84. The molecule has 0 amide bonds. The Balaban J connectivity index is 1.79. The predicted octanol–water partition coefficient (Wildman–Crippen LogP) is 2.36. The van der Waals surface area contributed by atoms with Gasteiger partial charge in [0.05, 0.1) is 11.9 Å². The monoisotopic (exact) mass is 263 g/mol. The van der Waals surface area contributed by atoms with E-state index in [9.17, 15) is 4.79 Å². The minimum absolute atomic E-state index is 0.0172. The molecular formula is C14H21N3O2. The summed E-state index contributed by atoms with van der Waals surface area (Å²) in [7, 11) is 0. The van der Waals surface area contributed by atoms with Crippen LogP contribution in [0, 0.1) is 16.7 Å². The fraction of sp³-hybridized carbons (Fsp3) is 0.714. The molecule has 2 fully saturated rings. The maximum absolute atomic E-state index is 12.1. The number of carbonyl (C=O) groups excluding carboxylic acids is 1. The van der Waals surface area contributed by atoms with E-state index >= 15 is 0 Å². The van der Waals surface area contributed by atoms with E-state index in [1.165, 1.54) is 12.6 Å². The minimum atomic E-state index is -0.385. The van der Waals surface area contributed by atoms with Gasteiger partial charge in [0.15, 0.2) is 5.69 Å². The number of rotatable bonds is 2. The van der Waals surface area contributed by atoms with Gasteiger partial charge in [-0.2, -0.15) is 5.10 Å². The van der Waals surface area contributed by atoms with Crippen LogP contribution < -0.4 is 5.73 Å². The number of esters is 1. The number of nitrogens with zero attached hydrogens (tertiary/aromatic N) is 1. The molecule has 0 aromatic carbocycles. The zero-order chi connectivity index (χ0) is 13.8. The largest absolute Gasteiger partial charge is 0.457 e. The van der Waals surface area contributed by atoms with Crippen molar-refractivity contribution in [1.82, 2.24) is 10.2 Å². The van der Waals surface area contributed by atoms with Crippen LogP contribution in [0.1, 0.15) is 50.5 Å². The second-order valence-corrected chi connectivity index (χ2v) is 6.70. The summed E-state index contributed by atoms with van der Waals surface area (Å²) in [6, 6.07) is 0. The van der Waals surface area contributed by atoms with Crippen molar-refractivity contribution < 1.29 is 9.53 Å². The molecule has 0 saturated heterocycles. The molecule has 1 aromatic rings. The number of nitrogens with one attached hydrogen (secondary N) is 1. The lowest BCUT2D eigenvalue weighted by atomic mass is 9.70. The Morgan fingerprint density at radius 3 is 2.74 bits per heavy atom. The number of nitrogen functional groups attached to an aromatic ring is 1. The molecular weight excluding hydrogens is 242 g/mol. The van der Waals surface area contributed by atoms with Gasteiger partial charge in [-0.25, -0.2) is 4.79 Å². The van der Waals surface area contributed by atoms with Gasteiger partial charge in [0.25, 0.3) is 0 Å². The Hall–Kier alpha value is -1.52. The maximum atomic E-state index is 12.1. The summed E-state index contributed by atoms with van der Waals surface area (Å²) >= 11 is 0. The average Bonchev–Trinajstić information content (AvgIpc) is 2.90. The van der Waals surface area contributed by atoms with Gasteiger partial charge in [-0.3, -0.25) is 5.10 Å². The first-order valence-corrected chi connectivity index (χ1v) is 6.86. The highest BCUT2D eigenvalue weighted by Crippen LogP contribution is 2.66. The molecule has 3 atom stereocenters. The molecule has 0 aliphatic heterocycles. The van der Waals surface area contributed by atoms with Crippen molar-refractivity contribution in [3.63, 3.8) is 0 Å². The molecule has 3 rings (SSSR count). The number of aromatic amines is 1. The molecule has 5 nitrogen and oxygen atoms in total. The fourth-order valence-electron chi connectivity index (χ4n) is 3.96. The maximum Gasteiger partial charge on any atom is 0.358 e. The van der Waals surface area contributed by atoms with E-state index in [-0.39, 0.29) is 28.6 Å². The zero-order valence-electron chi connectivity index (χ0n) is 11.7. The van der Waals surface area contributed by atoms with Crippen LogP contribution in [0.2, 0.25) is 0 Å². The SMILES string of the molecule is CC1(C)C2CCC1(C)C(OC(=O)c1[nH]ncc1N)C2. The van der Waals surface area contributed by atoms with Gasteiger partial charge in [-0.15, -0.1) is 0 Å². The molecule has 2 aliphatic carbocycles. The number of fused-ring (bicyclic) bond motifs is 2. The second-order valence-electron chi connectivity index (χ2n) is 6.70. The summed E-state index contributed by atoms with van der Waals surface area (Å²) in [4.78, 5) is 12.1. The van der Waals surface area contributed by atoms with E-state index in [1.807, 2.05) is 0 Å². The second kappa shape index (κ2) is 3.74. The van der Waals surface area contributed by atoms with Crippen molar-refractivity contribution in [3.05, 3.63) is 11.9 Å². The van der Waals surface area contributed by atoms with Gasteiger partial charge in [0, 0.05) is 5.41 Å². The quantitative estimate of drug-likeness (QED) is 0.803. The number of hydrogen-bond donors (Lipinski definition) is 2. The van der Waals surface area contributed by atoms with Gasteiger partial charge in [-0.05, 0) is 30.6 Å². The molecule has 2 bridgehead atoms. The number of H-pyrrole nitrogens is 1. The van der Waals surface area contributed by atoms with Crippen LogP contribution in [0.4, 0.5) is 5.69 Å². The summed E-state index contributed by atoms with van der Waals surface area (Å²) < 4.78 is 5.72. The lowest BCUT2D eigenvalue weighted by Gasteiger charge is -2.38. The van der Waals surface area contributed by atoms with E-state index in [0.29, 0.717) is 11.6 Å². The topological polar surface area (TPSA) is 81.0 Å². The molecule has 1 aromatic heterocycles. The summed E-state index contributed by atoms with van der Waals surface area (Å²) in [5.41, 5.74) is 6.60. The van der Waals surface area contributed by atoms with E-state index in [2.05, 4.69) is 31.0 Å². The van der Waals surface area contributed by atoms with Crippen LogP contribution in [0.5, 0.6) is 0 Å². The summed E-state index contributed by atoms with van der Waals surface area (Å²) in [5.74, 6) is 0.263. The van der Waals surface area contributed by atoms with Crippen LogP contribution in [0.3, 0.4) is 0 Å². The Labute approximate surface area is 112 Å². The number of aromatic nitrogens is 2. The summed E-state index contributed by atoms with van der Waals surface area (Å²) in [5, 5.41) is 6.37. The number of ether oxygens (including phenoxy) is 1. The van der Waals surface area contributed by atoms with Crippen molar-refractivity contribution in [3.8, 4) is 0 Å². The van der Waals surface area contributed by atoms with Crippen molar-refractivity contribution in [2.24, 2.45) is 16.7 Å². The molecule has 2 aliphatic rings. The van der Waals surface area contributed by atoms with Crippen LogP contribution >= 0.6 is 0 Å². The predicted molar refractivity (Wildman–Crippen MR) is 71.4 cm³/mol. The Morgan fingerprint density at radius 1 is 1.53 bits per heavy atom. The standard InChI is InChI=1S/C14H21N3O2/c1-13(2)8-4-5-14(13,3)10(6-8)19-12(18)11-9(15)7-16-17-11/h7-8,10H,4-6,15H2,1-3H3,(H,16,17). The Bertz CT molecular complexity index is 523. The van der Waals surface area contributed by atoms with Crippen LogP contribution in [-0.4, -0.2) is 22.3 Å². The normalized spacial score (nSPS) is 35.5. The summed E-state index contributed by atoms with van der Waals surface area (Å²) in [6.45, 7) is 6.83. The van der Waals surface area contributed by atoms with E-state index in [0.717, 1.165) is 12.8 Å². The van der Waals surface area contributed by atoms with E-state index < -0.39 is 0 Å². The van der Waals surface area contributed by atoms with Gasteiger partial charge >= 0.3 is 5.97 Å². The first-order chi connectivity index (χ1) is 8.86. The highest BCUT2D eigenvalue weighted by atomic mass is 16.5. The van der Waals surface area contributed by atoms with Gasteiger partial charge in [-0.1, -0.05) is 20.8 Å². The highest BCUT2D eigenvalue weighted by molar-refractivity contribution is 5.92. The smallest absolute Gasteiger partial charge is 0.358 e. The molecule has 0 spiro atoms. The zero-order valence-corrected chi connectivity index (χ0v) is 11.7. The van der Waals surface area contributed by atoms with Crippen molar-refractivity contribution >= 4 is 11.7 Å². The highest BCUT2D eigenvalue weighted by Gasteiger charge is 2.62. The molecule has 0 radical (unpaired) electrons. The van der Waals surface area contributed by atoms with Crippen molar-refractivity contribution in [2.45, 2.75) is 46.1 Å². The molecule has 5 heteroatoms. The van der Waals surface area contributed by atoms with Crippen LogP contribution in [-0.2, 0) is 4.74 Å². The number of nitrogens with two attached hydrogens (primary N) is 1. The van der Waals surface area contributed by atoms with Gasteiger partial charge in [0.1, 0.15) is 6.10 Å². The first-order valence-electron chi connectivity index (χ1n) is 6.86. The number of hydrogen-bond acceptors (Lipinski definition) is 4. The van der Waals surface area contributed by atoms with Crippen LogP contribution in [0.25, 0.3) is 0 Å². The fourth-order valence-corrected chi connectivity index (χ4v) is 3.96. The molecule has 1 heterocycles. The number of carbonyl (C=O) groups is 1. The van der Waals surface area contributed by atoms with Gasteiger partial charge in [0.2, 0.25) is 0 Å². The molecule has 104 valence electrons. The Kier molecular flexibility index (Phi) is 2.46. The third kappa shape index (κ3) is 1.53. The molecule has 3 unspecified atom stereocenters. The summed E-state index contributed by atoms with van der Waals surface area (Å²) in [6.07, 6.45) is 4.74. The van der Waals surface area contributed by atoms with Crippen LogP contribution in [0.15, 0.2) is 6.20 Å². The van der Waals surface area contributed by atoms with E-state index in [4.69, 9.17) is 10.5 Å². The number of anilines is 1. The molecule has 2 saturated carbocycles. The van der Waals surface area contributed by atoms with Crippen molar-refractivity contribution in [2.75, 3.05) is 5.73 Å². The lowest BCUT2D eigenvalue weighted by molar-refractivity contribution is -0.0246. The molecule has 19 heavy (non-hydrogen) atoms.